The quantitative estimate of drug-likeness (QED) is 0.266. The fourth-order valence-electron chi connectivity index (χ4n) is 3.86. The van der Waals surface area contributed by atoms with Crippen molar-refractivity contribution in [3.63, 3.8) is 0 Å². The van der Waals surface area contributed by atoms with E-state index in [-0.39, 0.29) is 5.56 Å². The molecule has 0 fully saturated rings. The summed E-state index contributed by atoms with van der Waals surface area (Å²) in [7, 11) is 0.453. The maximum absolute atomic E-state index is 13.2. The first-order valence-corrected chi connectivity index (χ1v) is 14.1. The summed E-state index contributed by atoms with van der Waals surface area (Å²) in [5, 5.41) is 0.812. The van der Waals surface area contributed by atoms with Crippen LogP contribution >= 0.6 is 11.3 Å². The first-order chi connectivity index (χ1) is 17.5. The molecule has 0 saturated heterocycles. The number of thiophene rings is 1. The van der Waals surface area contributed by atoms with Crippen molar-refractivity contribution in [2.24, 2.45) is 7.05 Å². The summed E-state index contributed by atoms with van der Waals surface area (Å²) < 4.78 is 26.4. The second-order valence-corrected chi connectivity index (χ2v) is 11.2. The summed E-state index contributed by atoms with van der Waals surface area (Å²) in [5.74, 6) is 0.459. The molecule has 0 aliphatic carbocycles. The van der Waals surface area contributed by atoms with Gasteiger partial charge in [0.15, 0.2) is 0 Å². The van der Waals surface area contributed by atoms with Crippen LogP contribution in [0.5, 0.6) is 0 Å². The van der Waals surface area contributed by atoms with Gasteiger partial charge in [0.2, 0.25) is 5.56 Å². The largest absolute Gasteiger partial charge is 0.396 e. The number of nitrogens with two attached hydrogens (primary N) is 1. The fraction of sp³-hybridized carbons (Fsp3) is 0.333. The summed E-state index contributed by atoms with van der Waals surface area (Å²) in [5.41, 5.74) is 10.5. The topological polar surface area (TPSA) is 96.4 Å². The highest BCUT2D eigenvalue weighted by molar-refractivity contribution is 7.87. The van der Waals surface area contributed by atoms with Gasteiger partial charge in [-0.3, -0.25) is 9.00 Å². The molecule has 1 unspecified atom stereocenters. The molecule has 1 atom stereocenters. The molecule has 4 rings (SSSR count). The SMILES string of the molecule is CCCOCCOCCCS(=O)c1sc2nc(-c3ccc(=O)n(C)c3)cc(-c3ccccc3)c2c1N. The van der Waals surface area contributed by atoms with E-state index >= 15 is 0 Å². The van der Waals surface area contributed by atoms with E-state index < -0.39 is 10.8 Å². The molecule has 0 aliphatic rings. The van der Waals surface area contributed by atoms with E-state index in [9.17, 15) is 9.00 Å². The number of ether oxygens (including phenoxy) is 2. The Morgan fingerprint density at radius 1 is 1.03 bits per heavy atom. The third kappa shape index (κ3) is 6.10. The Morgan fingerprint density at radius 2 is 1.78 bits per heavy atom. The van der Waals surface area contributed by atoms with Crippen LogP contribution in [0.3, 0.4) is 0 Å². The van der Waals surface area contributed by atoms with E-state index in [1.165, 1.54) is 22.0 Å². The third-order valence-corrected chi connectivity index (χ3v) is 8.67. The maximum atomic E-state index is 13.2. The van der Waals surface area contributed by atoms with Crippen molar-refractivity contribution in [1.29, 1.82) is 0 Å². The normalized spacial score (nSPS) is 12.3. The lowest BCUT2D eigenvalue weighted by Gasteiger charge is -2.09. The first kappa shape index (κ1) is 26.2. The van der Waals surface area contributed by atoms with Gasteiger partial charge in [0.05, 0.1) is 35.4 Å². The zero-order chi connectivity index (χ0) is 25.5. The molecule has 4 aromatic rings. The minimum atomic E-state index is -1.26. The number of benzene rings is 1. The molecule has 0 aliphatic heterocycles. The van der Waals surface area contributed by atoms with Crippen LogP contribution in [0, 0.1) is 0 Å². The van der Waals surface area contributed by atoms with Gasteiger partial charge in [-0.2, -0.15) is 0 Å². The van der Waals surface area contributed by atoms with Gasteiger partial charge < -0.3 is 19.8 Å². The highest BCUT2D eigenvalue weighted by Crippen LogP contribution is 2.42. The summed E-state index contributed by atoms with van der Waals surface area (Å²) in [6, 6.07) is 15.3. The molecule has 2 N–H and O–H groups in total. The highest BCUT2D eigenvalue weighted by Gasteiger charge is 2.21. The number of aromatic nitrogens is 2. The van der Waals surface area contributed by atoms with Gasteiger partial charge >= 0.3 is 0 Å². The minimum Gasteiger partial charge on any atom is -0.396 e. The molecule has 7 nitrogen and oxygen atoms in total. The molecular formula is C27H31N3O4S2. The van der Waals surface area contributed by atoms with Crippen molar-refractivity contribution in [2.45, 2.75) is 24.0 Å². The molecule has 0 spiro atoms. The van der Waals surface area contributed by atoms with Crippen molar-refractivity contribution < 1.29 is 13.7 Å². The van der Waals surface area contributed by atoms with E-state index in [1.807, 2.05) is 36.4 Å². The van der Waals surface area contributed by atoms with E-state index in [4.69, 9.17) is 20.2 Å². The Kier molecular flexibility index (Phi) is 9.03. The molecule has 36 heavy (non-hydrogen) atoms. The Balaban J connectivity index is 1.62. The first-order valence-electron chi connectivity index (χ1n) is 12.0. The zero-order valence-electron chi connectivity index (χ0n) is 20.6. The Hall–Kier alpha value is -2.85. The lowest BCUT2D eigenvalue weighted by molar-refractivity contribution is 0.0485. The summed E-state index contributed by atoms with van der Waals surface area (Å²) in [6.07, 6.45) is 3.42. The van der Waals surface area contributed by atoms with Crippen LogP contribution in [0.2, 0.25) is 0 Å². The number of anilines is 1. The van der Waals surface area contributed by atoms with Crippen molar-refractivity contribution >= 4 is 38.0 Å². The lowest BCUT2D eigenvalue weighted by Crippen LogP contribution is -2.14. The van der Waals surface area contributed by atoms with Crippen LogP contribution in [0.1, 0.15) is 19.8 Å². The predicted molar refractivity (Wildman–Crippen MR) is 148 cm³/mol. The fourth-order valence-corrected chi connectivity index (χ4v) is 6.48. The number of hydrogen-bond acceptors (Lipinski definition) is 7. The Labute approximate surface area is 217 Å². The monoisotopic (exact) mass is 525 g/mol. The number of nitrogen functional groups attached to an aromatic ring is 1. The van der Waals surface area contributed by atoms with Gasteiger partial charge in [-0.1, -0.05) is 37.3 Å². The van der Waals surface area contributed by atoms with Gasteiger partial charge in [0.25, 0.3) is 0 Å². The van der Waals surface area contributed by atoms with Crippen molar-refractivity contribution in [1.82, 2.24) is 9.55 Å². The van der Waals surface area contributed by atoms with Crippen LogP contribution < -0.4 is 11.3 Å². The molecule has 1 aromatic carbocycles. The number of rotatable bonds is 12. The van der Waals surface area contributed by atoms with Crippen LogP contribution in [0.4, 0.5) is 5.69 Å². The van der Waals surface area contributed by atoms with Crippen LogP contribution in [-0.4, -0.2) is 45.9 Å². The second-order valence-electron chi connectivity index (χ2n) is 8.40. The second kappa shape index (κ2) is 12.4. The van der Waals surface area contributed by atoms with Crippen LogP contribution in [0.25, 0.3) is 32.6 Å². The molecule has 9 heteroatoms. The summed E-state index contributed by atoms with van der Waals surface area (Å²) in [6.45, 7) is 4.44. The number of pyridine rings is 2. The molecule has 0 bridgehead atoms. The summed E-state index contributed by atoms with van der Waals surface area (Å²) >= 11 is 1.37. The number of aryl methyl sites for hydroxylation is 1. The maximum Gasteiger partial charge on any atom is 0.250 e. The van der Waals surface area contributed by atoms with E-state index in [0.29, 0.717) is 41.9 Å². The van der Waals surface area contributed by atoms with Crippen molar-refractivity contribution in [3.05, 3.63) is 65.1 Å². The van der Waals surface area contributed by atoms with Gasteiger partial charge in [0, 0.05) is 49.2 Å². The van der Waals surface area contributed by atoms with E-state index in [0.717, 1.165) is 45.6 Å². The molecular weight excluding hydrogens is 494 g/mol. The molecule has 0 amide bonds. The smallest absolute Gasteiger partial charge is 0.250 e. The minimum absolute atomic E-state index is 0.0846. The predicted octanol–water partition coefficient (Wildman–Crippen LogP) is 4.85. The van der Waals surface area contributed by atoms with Gasteiger partial charge in [-0.15, -0.1) is 11.3 Å². The molecule has 3 aromatic heterocycles. The highest BCUT2D eigenvalue weighted by atomic mass is 32.2. The molecule has 3 heterocycles. The number of nitrogens with zero attached hydrogens (tertiary/aromatic N) is 2. The zero-order valence-corrected chi connectivity index (χ0v) is 22.2. The van der Waals surface area contributed by atoms with Crippen molar-refractivity contribution in [2.75, 3.05) is 37.9 Å². The van der Waals surface area contributed by atoms with Crippen molar-refractivity contribution in [3.8, 4) is 22.4 Å². The average Bonchev–Trinajstić information content (AvgIpc) is 3.23. The average molecular weight is 526 g/mol. The van der Waals surface area contributed by atoms with Crippen LogP contribution in [0.15, 0.2) is 63.7 Å². The van der Waals surface area contributed by atoms with Gasteiger partial charge in [-0.05, 0) is 36.1 Å². The third-order valence-electron chi connectivity index (χ3n) is 5.68. The van der Waals surface area contributed by atoms with E-state index in [1.54, 1.807) is 19.3 Å². The van der Waals surface area contributed by atoms with E-state index in [2.05, 4.69) is 6.92 Å². The van der Waals surface area contributed by atoms with Crippen LogP contribution in [-0.2, 0) is 27.3 Å². The molecule has 190 valence electrons. The number of hydrogen-bond donors (Lipinski definition) is 1. The van der Waals surface area contributed by atoms with Gasteiger partial charge in [-0.25, -0.2) is 4.98 Å². The van der Waals surface area contributed by atoms with Gasteiger partial charge in [0.1, 0.15) is 9.04 Å². The number of fused-ring (bicyclic) bond motifs is 1. The molecule has 0 radical (unpaired) electrons. The summed E-state index contributed by atoms with van der Waals surface area (Å²) in [4.78, 5) is 17.5. The Morgan fingerprint density at radius 3 is 2.50 bits per heavy atom. The standard InChI is InChI=1S/C27H31N3O4S2/c1-3-12-33-14-15-34-13-7-16-36(32)27-25(28)24-21(19-8-5-4-6-9-19)17-22(29-26(24)35-27)20-10-11-23(31)30(2)18-20/h4-6,8-11,17-18H,3,7,12-16,28H2,1-2H3. The Bertz CT molecular complexity index is 1400. The molecule has 0 saturated carbocycles. The lowest BCUT2D eigenvalue weighted by atomic mass is 10.0.